The Kier molecular flexibility index (Phi) is 16.8. The van der Waals surface area contributed by atoms with Crippen LogP contribution in [0.1, 0.15) is 77.5 Å². The summed E-state index contributed by atoms with van der Waals surface area (Å²) in [5.41, 5.74) is 17.4. The normalized spacial score (nSPS) is 15.1. The lowest BCUT2D eigenvalue weighted by Gasteiger charge is -2.17. The molecule has 0 aliphatic heterocycles. The van der Waals surface area contributed by atoms with E-state index in [2.05, 4.69) is 27.8 Å². The Bertz CT molecular complexity index is 2200. The van der Waals surface area contributed by atoms with Crippen molar-refractivity contribution in [3.8, 4) is 0 Å². The summed E-state index contributed by atoms with van der Waals surface area (Å²) in [6.07, 6.45) is 2.08. The number of amidine groups is 2. The number of hydrogen-bond donors (Lipinski definition) is 5. The van der Waals surface area contributed by atoms with Crippen LogP contribution in [0, 0.1) is 11.3 Å². The van der Waals surface area contributed by atoms with E-state index in [4.69, 9.17) is 26.4 Å². The van der Waals surface area contributed by atoms with Gasteiger partial charge >= 0.3 is 12.2 Å². The first-order chi connectivity index (χ1) is 29.1. The molecule has 310 valence electrons. The number of ether oxygens (including phenoxy) is 2. The van der Waals surface area contributed by atoms with E-state index in [1.165, 1.54) is 5.56 Å². The van der Waals surface area contributed by atoms with Gasteiger partial charge in [-0.2, -0.15) is 4.99 Å². The molecule has 5 aromatic carbocycles. The molecule has 5 aromatic rings. The number of carbonyl (C=O) groups is 4. The molecule has 12 heteroatoms. The molecule has 1 aliphatic carbocycles. The number of benzene rings is 5. The van der Waals surface area contributed by atoms with Crippen LogP contribution in [0.15, 0.2) is 145 Å². The highest BCUT2D eigenvalue weighted by Crippen LogP contribution is 2.38. The first-order valence-corrected chi connectivity index (χ1v) is 20.0. The summed E-state index contributed by atoms with van der Waals surface area (Å²) in [7, 11) is 0. The molecule has 0 bridgehead atoms. The van der Waals surface area contributed by atoms with Crippen molar-refractivity contribution in [2.24, 2.45) is 22.4 Å². The van der Waals surface area contributed by atoms with E-state index in [1.54, 1.807) is 31.2 Å². The van der Waals surface area contributed by atoms with Crippen molar-refractivity contribution in [2.45, 2.75) is 70.7 Å². The summed E-state index contributed by atoms with van der Waals surface area (Å²) in [4.78, 5) is 52.8. The largest absolute Gasteiger partial charge is 0.444 e. The van der Waals surface area contributed by atoms with Crippen LogP contribution in [0.4, 0.5) is 9.59 Å². The molecule has 0 radical (unpaired) electrons. The van der Waals surface area contributed by atoms with Crippen molar-refractivity contribution in [1.29, 1.82) is 5.41 Å². The zero-order valence-corrected chi connectivity index (χ0v) is 33.7. The molecule has 60 heavy (non-hydrogen) atoms. The number of rotatable bonds is 14. The number of amides is 3. The van der Waals surface area contributed by atoms with E-state index < -0.39 is 18.2 Å². The number of nitrogens with one attached hydrogen (secondary N) is 3. The van der Waals surface area contributed by atoms with E-state index >= 15 is 0 Å². The molecule has 7 N–H and O–H groups in total. The second-order valence-corrected chi connectivity index (χ2v) is 14.5. The number of nitrogens with zero attached hydrogens (tertiary/aromatic N) is 1. The second kappa shape index (κ2) is 22.9. The van der Waals surface area contributed by atoms with Crippen LogP contribution in [0.2, 0.25) is 0 Å². The summed E-state index contributed by atoms with van der Waals surface area (Å²) in [5, 5.41) is 13.5. The lowest BCUT2D eigenvalue weighted by atomic mass is 9.96. The Morgan fingerprint density at radius 3 is 1.87 bits per heavy atom. The van der Waals surface area contributed by atoms with Gasteiger partial charge in [0.15, 0.2) is 5.78 Å². The van der Waals surface area contributed by atoms with Gasteiger partial charge in [0.2, 0.25) is 5.91 Å². The molecule has 6 rings (SSSR count). The maximum Gasteiger partial charge on any atom is 0.435 e. The second-order valence-electron chi connectivity index (χ2n) is 14.5. The summed E-state index contributed by atoms with van der Waals surface area (Å²) in [6.45, 7) is 2.50. The van der Waals surface area contributed by atoms with Crippen molar-refractivity contribution >= 4 is 35.5 Å². The third-order valence-electron chi connectivity index (χ3n) is 10.2. The van der Waals surface area contributed by atoms with Gasteiger partial charge < -0.3 is 26.3 Å². The lowest BCUT2D eigenvalue weighted by molar-refractivity contribution is -0.129. The maximum atomic E-state index is 12.8. The number of hydrogen-bond acceptors (Lipinski definition) is 8. The Balaban J connectivity index is 0.000000274. The molecule has 0 saturated heterocycles. The van der Waals surface area contributed by atoms with Crippen LogP contribution in [0.5, 0.6) is 0 Å². The number of nitrogens with two attached hydrogens (primary N) is 2. The molecule has 0 unspecified atom stereocenters. The fourth-order valence-electron chi connectivity index (χ4n) is 6.64. The lowest BCUT2D eigenvalue weighted by Crippen LogP contribution is -2.41. The highest BCUT2D eigenvalue weighted by atomic mass is 16.6. The maximum absolute atomic E-state index is 12.8. The van der Waals surface area contributed by atoms with E-state index in [0.717, 1.165) is 41.5 Å². The van der Waals surface area contributed by atoms with Gasteiger partial charge in [-0.1, -0.05) is 140 Å². The minimum absolute atomic E-state index is 0.0133. The van der Waals surface area contributed by atoms with Crippen LogP contribution in [0.25, 0.3) is 0 Å². The van der Waals surface area contributed by atoms with Gasteiger partial charge in [-0.25, -0.2) is 9.59 Å². The fraction of sp³-hybridized carbons (Fsp3) is 0.250. The van der Waals surface area contributed by atoms with Crippen LogP contribution < -0.4 is 22.1 Å². The molecular formula is C48H52N6O6. The third-order valence-corrected chi connectivity index (χ3v) is 10.2. The number of aryl methyl sites for hydroxylation is 1. The van der Waals surface area contributed by atoms with Gasteiger partial charge in [0.05, 0.1) is 6.04 Å². The predicted octanol–water partition coefficient (Wildman–Crippen LogP) is 7.72. The van der Waals surface area contributed by atoms with Crippen molar-refractivity contribution < 1.29 is 28.7 Å². The topological polar surface area (TPSA) is 199 Å². The minimum atomic E-state index is -0.709. The molecule has 0 heterocycles. The molecule has 0 spiro atoms. The van der Waals surface area contributed by atoms with Crippen LogP contribution in [-0.4, -0.2) is 41.6 Å². The van der Waals surface area contributed by atoms with E-state index in [-0.39, 0.29) is 42.5 Å². The quantitative estimate of drug-likeness (QED) is 0.0555. The molecular weight excluding hydrogens is 757 g/mol. The molecule has 3 amide bonds. The molecule has 12 nitrogen and oxygen atoms in total. The standard InChI is InChI=1S/C32H35N3O4.C16H17N3O2/c1-22(34-31(37)28-18-17-27(20-28)25-10-6-3-7-11-25)29(36)19-14-23-12-15-26(16-13-23)30(33)35-32(38)39-21-24-8-4-2-5-9-24;17-10-12-6-8-14(9-7-12)15(18)19-16(20)21-11-13-4-2-1-3-5-13/h2-13,15-16,22,27-28H,14,17-21H2,1H3,(H,34,37)(H2,33,35,38);1-9H,10-11,17H2,(H2,18,19,20)/t22-,27+,28+;/m0./s1. The van der Waals surface area contributed by atoms with Gasteiger partial charge in [0.1, 0.15) is 24.9 Å². The highest BCUT2D eigenvalue weighted by molar-refractivity contribution is 6.04. The summed E-state index contributed by atoms with van der Waals surface area (Å²) >= 11 is 0. The van der Waals surface area contributed by atoms with Crippen LogP contribution >= 0.6 is 0 Å². The predicted molar refractivity (Wildman–Crippen MR) is 232 cm³/mol. The average molecular weight is 809 g/mol. The molecule has 0 aromatic heterocycles. The highest BCUT2D eigenvalue weighted by Gasteiger charge is 2.32. The van der Waals surface area contributed by atoms with E-state index in [1.807, 2.05) is 103 Å². The Morgan fingerprint density at radius 1 is 0.717 bits per heavy atom. The van der Waals surface area contributed by atoms with Crippen molar-refractivity contribution in [2.75, 3.05) is 0 Å². The van der Waals surface area contributed by atoms with Gasteiger partial charge in [0.25, 0.3) is 0 Å². The number of Topliss-reactive ketones (excluding diaryl/α,β-unsaturated/α-hetero) is 1. The molecule has 1 aliphatic rings. The molecule has 1 saturated carbocycles. The smallest absolute Gasteiger partial charge is 0.435 e. The van der Waals surface area contributed by atoms with Gasteiger partial charge in [-0.05, 0) is 66.3 Å². The van der Waals surface area contributed by atoms with Gasteiger partial charge in [-0.15, -0.1) is 0 Å². The average Bonchev–Trinajstić information content (AvgIpc) is 3.79. The van der Waals surface area contributed by atoms with Crippen molar-refractivity contribution in [3.63, 3.8) is 0 Å². The van der Waals surface area contributed by atoms with E-state index in [9.17, 15) is 19.2 Å². The van der Waals surface area contributed by atoms with E-state index in [0.29, 0.717) is 36.4 Å². The third kappa shape index (κ3) is 14.2. The van der Waals surface area contributed by atoms with Crippen molar-refractivity contribution in [1.82, 2.24) is 10.6 Å². The summed E-state index contributed by atoms with van der Waals surface area (Å²) < 4.78 is 10.2. The zero-order chi connectivity index (χ0) is 42.7. The van der Waals surface area contributed by atoms with Crippen molar-refractivity contribution in [3.05, 3.63) is 178 Å². The Morgan fingerprint density at radius 2 is 1.27 bits per heavy atom. The summed E-state index contributed by atoms with van der Waals surface area (Å²) in [5.74, 6) is 0.350. The Labute approximate surface area is 350 Å². The first kappa shape index (κ1) is 44.2. The minimum Gasteiger partial charge on any atom is -0.444 e. The summed E-state index contributed by atoms with van der Waals surface area (Å²) in [6, 6.07) is 42.8. The Hall–Kier alpha value is -6.92. The number of aliphatic imine (C=N–C) groups is 1. The molecule has 1 fully saturated rings. The number of ketones is 1. The number of carbonyl (C=O) groups excluding carboxylic acids is 4. The zero-order valence-electron chi connectivity index (χ0n) is 33.7. The SMILES string of the molecule is C[C@H](NC(=O)[C@@H]1CC[C@@H](c2ccccc2)C1)C(=O)CCc1ccc(C(=N)NC(=O)OCc2ccccc2)cc1.NCc1ccc(C(N)=NC(=O)OCc2ccccc2)cc1. The fourth-order valence-corrected chi connectivity index (χ4v) is 6.64. The van der Waals surface area contributed by atoms with Gasteiger partial charge in [0, 0.05) is 30.0 Å². The molecule has 3 atom stereocenters. The van der Waals surface area contributed by atoms with Crippen LogP contribution in [0.3, 0.4) is 0 Å². The first-order valence-electron chi connectivity index (χ1n) is 20.0. The van der Waals surface area contributed by atoms with Gasteiger partial charge in [-0.3, -0.25) is 20.3 Å². The van der Waals surface area contributed by atoms with Crippen LogP contribution in [-0.2, 0) is 45.2 Å². The monoisotopic (exact) mass is 808 g/mol. The number of alkyl carbamates (subject to hydrolysis) is 1.